The molecule has 0 spiro atoms. The third-order valence-electron chi connectivity index (χ3n) is 2.01. The first kappa shape index (κ1) is 13.6. The van der Waals surface area contributed by atoms with Gasteiger partial charge in [-0.25, -0.2) is 4.68 Å². The van der Waals surface area contributed by atoms with Crippen molar-refractivity contribution in [2.24, 2.45) is 7.05 Å². The smallest absolute Gasteiger partial charge is 0.313 e. The van der Waals surface area contributed by atoms with Gasteiger partial charge in [0.15, 0.2) is 10.2 Å². The number of methoxy groups -OCH3 is 1. The van der Waals surface area contributed by atoms with Gasteiger partial charge in [0.2, 0.25) is 11.0 Å². The van der Waals surface area contributed by atoms with E-state index in [0.717, 1.165) is 11.8 Å². The lowest BCUT2D eigenvalue weighted by molar-refractivity contribution is -0.133. The minimum absolute atomic E-state index is 0.0357. The highest BCUT2D eigenvalue weighted by molar-refractivity contribution is 8.01. The Bertz CT molecular complexity index is 582. The number of anilines is 2. The summed E-state index contributed by atoms with van der Waals surface area (Å²) in [7, 11) is 3.32. The van der Waals surface area contributed by atoms with Gasteiger partial charge in [-0.3, -0.25) is 4.79 Å². The molecule has 2 N–H and O–H groups in total. The number of hydrogen-bond acceptors (Lipinski definition) is 8. The minimum atomic E-state index is -0.885. The lowest BCUT2D eigenvalue weighted by atomic mass is 10.6. The van der Waals surface area contributed by atoms with Crippen LogP contribution in [0.2, 0.25) is 0 Å². The van der Waals surface area contributed by atoms with Gasteiger partial charge in [-0.2, -0.15) is 5.10 Å². The van der Waals surface area contributed by atoms with E-state index >= 15 is 0 Å². The van der Waals surface area contributed by atoms with Crippen LogP contribution in [0.3, 0.4) is 0 Å². The van der Waals surface area contributed by atoms with E-state index in [-0.39, 0.29) is 5.75 Å². The number of thioether (sulfide) groups is 1. The summed E-state index contributed by atoms with van der Waals surface area (Å²) in [6.45, 7) is 0. The average Bonchev–Trinajstić information content (AvgIpc) is 2.94. The summed E-state index contributed by atoms with van der Waals surface area (Å²) in [6.07, 6.45) is 0. The number of aromatic nitrogens is 4. The molecule has 0 aliphatic carbocycles. The number of carboxylic acids is 1. The number of nitrogens with zero attached hydrogens (tertiary/aromatic N) is 4. The van der Waals surface area contributed by atoms with Crippen molar-refractivity contribution in [2.75, 3.05) is 18.2 Å². The number of carboxylic acid groups (broad SMARTS) is 1. The molecule has 2 aromatic heterocycles. The maximum atomic E-state index is 10.4. The Labute approximate surface area is 116 Å². The van der Waals surface area contributed by atoms with E-state index in [2.05, 4.69) is 20.6 Å². The molecule has 19 heavy (non-hydrogen) atoms. The molecule has 2 heterocycles. The lowest BCUT2D eigenvalue weighted by Crippen LogP contribution is -1.96. The highest BCUT2D eigenvalue weighted by atomic mass is 32.2. The third kappa shape index (κ3) is 3.58. The second-order valence-corrected chi connectivity index (χ2v) is 5.58. The molecular formula is C9H11N5O3S2. The number of carbonyl (C=O) groups is 1. The number of rotatable bonds is 6. The zero-order chi connectivity index (χ0) is 13.8. The second-order valence-electron chi connectivity index (χ2n) is 3.38. The lowest BCUT2D eigenvalue weighted by Gasteiger charge is -1.95. The predicted molar refractivity (Wildman–Crippen MR) is 71.3 cm³/mol. The normalized spacial score (nSPS) is 10.4. The van der Waals surface area contributed by atoms with Gasteiger partial charge in [0.05, 0.1) is 12.9 Å². The first-order valence-corrected chi connectivity index (χ1v) is 6.92. The summed E-state index contributed by atoms with van der Waals surface area (Å²) in [6, 6.07) is 1.73. The van der Waals surface area contributed by atoms with Crippen molar-refractivity contribution >= 4 is 40.0 Å². The Morgan fingerprint density at radius 3 is 3.05 bits per heavy atom. The van der Waals surface area contributed by atoms with Crippen LogP contribution in [0.4, 0.5) is 10.9 Å². The molecule has 0 aliphatic heterocycles. The van der Waals surface area contributed by atoms with E-state index in [1.165, 1.54) is 11.3 Å². The van der Waals surface area contributed by atoms with Crippen LogP contribution >= 0.6 is 23.1 Å². The molecule has 0 fully saturated rings. The maximum Gasteiger partial charge on any atom is 0.313 e. The molecule has 0 unspecified atom stereocenters. The maximum absolute atomic E-state index is 10.4. The van der Waals surface area contributed by atoms with Crippen molar-refractivity contribution in [3.63, 3.8) is 0 Å². The second kappa shape index (κ2) is 5.89. The fraction of sp³-hybridized carbons (Fsp3) is 0.333. The van der Waals surface area contributed by atoms with E-state index in [0.29, 0.717) is 21.2 Å². The molecule has 0 bridgehead atoms. The average molecular weight is 301 g/mol. The molecule has 0 saturated carbocycles. The van der Waals surface area contributed by atoms with Crippen LogP contribution in [0.5, 0.6) is 5.88 Å². The van der Waals surface area contributed by atoms with E-state index in [9.17, 15) is 4.79 Å². The number of aryl methyl sites for hydroxylation is 1. The van der Waals surface area contributed by atoms with Crippen molar-refractivity contribution in [1.29, 1.82) is 0 Å². The number of ether oxygens (including phenoxy) is 1. The van der Waals surface area contributed by atoms with Crippen molar-refractivity contribution in [3.05, 3.63) is 6.07 Å². The fourth-order valence-corrected chi connectivity index (χ4v) is 2.73. The Morgan fingerprint density at radius 2 is 2.42 bits per heavy atom. The Morgan fingerprint density at radius 1 is 1.63 bits per heavy atom. The SMILES string of the molecule is COc1cc(Nc2nnc(SCC(=O)O)s2)nn1C. The summed E-state index contributed by atoms with van der Waals surface area (Å²) in [5, 5.41) is 24.1. The molecule has 2 rings (SSSR count). The van der Waals surface area contributed by atoms with Crippen molar-refractivity contribution in [3.8, 4) is 5.88 Å². The predicted octanol–water partition coefficient (Wildman–Crippen LogP) is 1.20. The number of nitrogens with one attached hydrogen (secondary N) is 1. The molecule has 102 valence electrons. The first-order valence-electron chi connectivity index (χ1n) is 5.11. The van der Waals surface area contributed by atoms with Gasteiger partial charge < -0.3 is 15.2 Å². The molecule has 0 atom stereocenters. The zero-order valence-electron chi connectivity index (χ0n) is 10.2. The molecule has 2 aromatic rings. The van der Waals surface area contributed by atoms with E-state index in [1.807, 2.05) is 0 Å². The van der Waals surface area contributed by atoms with Crippen LogP contribution in [0, 0.1) is 0 Å². The summed E-state index contributed by atoms with van der Waals surface area (Å²) in [5.41, 5.74) is 0. The first-order chi connectivity index (χ1) is 9.08. The third-order valence-corrected chi connectivity index (χ3v) is 3.96. The van der Waals surface area contributed by atoms with Crippen LogP contribution in [-0.2, 0) is 11.8 Å². The van der Waals surface area contributed by atoms with Crippen LogP contribution < -0.4 is 10.1 Å². The number of hydrogen-bond donors (Lipinski definition) is 2. The number of aliphatic carboxylic acids is 1. The molecule has 0 saturated heterocycles. The van der Waals surface area contributed by atoms with Crippen molar-refractivity contribution < 1.29 is 14.6 Å². The summed E-state index contributed by atoms with van der Waals surface area (Å²) >= 11 is 2.40. The highest BCUT2D eigenvalue weighted by Gasteiger charge is 2.10. The standard InChI is InChI=1S/C9H11N5O3S2/c1-14-6(17-2)3-5(13-14)10-8-11-12-9(19-8)18-4-7(15)16/h3H,4H2,1-2H3,(H,15,16)(H,10,11,13). The van der Waals surface area contributed by atoms with Gasteiger partial charge in [-0.15, -0.1) is 10.2 Å². The van der Waals surface area contributed by atoms with Gasteiger partial charge >= 0.3 is 5.97 Å². The van der Waals surface area contributed by atoms with Crippen LogP contribution in [0.25, 0.3) is 0 Å². The van der Waals surface area contributed by atoms with E-state index in [1.54, 1.807) is 24.9 Å². The Balaban J connectivity index is 2.00. The van der Waals surface area contributed by atoms with Gasteiger partial charge in [-0.05, 0) is 0 Å². The zero-order valence-corrected chi connectivity index (χ0v) is 11.8. The molecule has 0 amide bonds. The molecule has 10 heteroatoms. The van der Waals surface area contributed by atoms with E-state index in [4.69, 9.17) is 9.84 Å². The van der Waals surface area contributed by atoms with Crippen molar-refractivity contribution in [2.45, 2.75) is 4.34 Å². The molecular weight excluding hydrogens is 290 g/mol. The van der Waals surface area contributed by atoms with E-state index < -0.39 is 5.97 Å². The summed E-state index contributed by atoms with van der Waals surface area (Å²) < 4.78 is 7.27. The Kier molecular flexibility index (Phi) is 4.22. The molecule has 0 aromatic carbocycles. The van der Waals surface area contributed by atoms with Gasteiger partial charge in [-0.1, -0.05) is 23.1 Å². The monoisotopic (exact) mass is 301 g/mol. The molecule has 0 aliphatic rings. The topological polar surface area (TPSA) is 102 Å². The van der Waals surface area contributed by atoms with Crippen LogP contribution in [0.1, 0.15) is 0 Å². The highest BCUT2D eigenvalue weighted by Crippen LogP contribution is 2.28. The fourth-order valence-electron chi connectivity index (χ4n) is 1.25. The summed E-state index contributed by atoms with van der Waals surface area (Å²) in [4.78, 5) is 10.4. The molecule has 0 radical (unpaired) electrons. The van der Waals surface area contributed by atoms with Crippen molar-refractivity contribution in [1.82, 2.24) is 20.0 Å². The molecule has 8 nitrogen and oxygen atoms in total. The largest absolute Gasteiger partial charge is 0.481 e. The quantitative estimate of drug-likeness (QED) is 0.767. The Hall–Kier alpha value is -1.81. The minimum Gasteiger partial charge on any atom is -0.481 e. The van der Waals surface area contributed by atoms with Gasteiger partial charge in [0.25, 0.3) is 0 Å². The van der Waals surface area contributed by atoms with Gasteiger partial charge in [0.1, 0.15) is 0 Å². The van der Waals surface area contributed by atoms with Gasteiger partial charge in [0, 0.05) is 13.1 Å². The van der Waals surface area contributed by atoms with Crippen LogP contribution in [0.15, 0.2) is 10.4 Å². The summed E-state index contributed by atoms with van der Waals surface area (Å²) in [5.74, 6) is 0.286. The van der Waals surface area contributed by atoms with Crippen LogP contribution in [-0.4, -0.2) is 43.9 Å².